The molecule has 3 nitrogen and oxygen atoms in total. The van der Waals surface area contributed by atoms with Crippen molar-refractivity contribution < 1.29 is 4.74 Å². The Labute approximate surface area is 121 Å². The average Bonchev–Trinajstić information content (AvgIpc) is 2.44. The first-order valence-electron chi connectivity index (χ1n) is 7.04. The number of hydrogen-bond acceptors (Lipinski definition) is 3. The van der Waals surface area contributed by atoms with Crippen molar-refractivity contribution in [3.05, 3.63) is 53.2 Å². The van der Waals surface area contributed by atoms with Crippen LogP contribution < -0.4 is 10.1 Å². The summed E-state index contributed by atoms with van der Waals surface area (Å²) in [6.07, 6.45) is 1.86. The van der Waals surface area contributed by atoms with Crippen molar-refractivity contribution in [3.8, 4) is 11.6 Å². The van der Waals surface area contributed by atoms with Crippen molar-refractivity contribution >= 4 is 0 Å². The van der Waals surface area contributed by atoms with Crippen LogP contribution >= 0.6 is 0 Å². The van der Waals surface area contributed by atoms with Gasteiger partial charge in [0.2, 0.25) is 5.88 Å². The normalized spacial score (nSPS) is 12.2. The highest BCUT2D eigenvalue weighted by Crippen LogP contribution is 2.23. The molecule has 1 aromatic heterocycles. The van der Waals surface area contributed by atoms with Crippen molar-refractivity contribution in [2.75, 3.05) is 6.54 Å². The van der Waals surface area contributed by atoms with E-state index in [0.717, 1.165) is 12.3 Å². The number of aromatic nitrogens is 1. The van der Waals surface area contributed by atoms with Crippen molar-refractivity contribution in [2.24, 2.45) is 0 Å². The monoisotopic (exact) mass is 270 g/mol. The maximum absolute atomic E-state index is 5.78. The van der Waals surface area contributed by atoms with E-state index in [1.807, 2.05) is 24.4 Å². The highest BCUT2D eigenvalue weighted by molar-refractivity contribution is 5.36. The molecule has 106 valence electrons. The van der Waals surface area contributed by atoms with E-state index in [-0.39, 0.29) is 0 Å². The van der Waals surface area contributed by atoms with E-state index >= 15 is 0 Å². The van der Waals surface area contributed by atoms with Gasteiger partial charge in [0.1, 0.15) is 5.75 Å². The number of pyridine rings is 1. The van der Waals surface area contributed by atoms with Gasteiger partial charge in [-0.05, 0) is 56.1 Å². The Morgan fingerprint density at radius 2 is 1.95 bits per heavy atom. The van der Waals surface area contributed by atoms with Gasteiger partial charge in [-0.15, -0.1) is 0 Å². The van der Waals surface area contributed by atoms with E-state index < -0.39 is 0 Å². The fourth-order valence-electron chi connectivity index (χ4n) is 2.03. The third-order valence-corrected chi connectivity index (χ3v) is 3.47. The van der Waals surface area contributed by atoms with Gasteiger partial charge < -0.3 is 10.1 Å². The minimum Gasteiger partial charge on any atom is -0.439 e. The molecule has 1 atom stereocenters. The maximum Gasteiger partial charge on any atom is 0.219 e. The Hall–Kier alpha value is -1.87. The van der Waals surface area contributed by atoms with E-state index in [9.17, 15) is 0 Å². The Kier molecular flexibility index (Phi) is 4.74. The number of nitrogens with one attached hydrogen (secondary N) is 1. The quantitative estimate of drug-likeness (QED) is 0.885. The molecule has 1 N–H and O–H groups in total. The van der Waals surface area contributed by atoms with Crippen LogP contribution in [0.5, 0.6) is 11.6 Å². The Balaban J connectivity index is 2.08. The highest BCUT2D eigenvalue weighted by Gasteiger charge is 2.05. The topological polar surface area (TPSA) is 34.1 Å². The van der Waals surface area contributed by atoms with Gasteiger partial charge in [0, 0.05) is 18.3 Å². The van der Waals surface area contributed by atoms with E-state index in [4.69, 9.17) is 4.74 Å². The van der Waals surface area contributed by atoms with Gasteiger partial charge in [-0.2, -0.15) is 0 Å². The third-order valence-electron chi connectivity index (χ3n) is 3.47. The third kappa shape index (κ3) is 3.58. The molecule has 0 aliphatic carbocycles. The smallest absolute Gasteiger partial charge is 0.219 e. The number of ether oxygens (including phenoxy) is 1. The van der Waals surface area contributed by atoms with Gasteiger partial charge in [-0.25, -0.2) is 4.98 Å². The highest BCUT2D eigenvalue weighted by atomic mass is 16.5. The van der Waals surface area contributed by atoms with Crippen molar-refractivity contribution in [1.29, 1.82) is 0 Å². The van der Waals surface area contributed by atoms with Gasteiger partial charge in [0.05, 0.1) is 0 Å². The van der Waals surface area contributed by atoms with Gasteiger partial charge in [0.25, 0.3) is 0 Å². The van der Waals surface area contributed by atoms with E-state index in [1.54, 1.807) is 0 Å². The summed E-state index contributed by atoms with van der Waals surface area (Å²) in [4.78, 5) is 4.37. The number of benzene rings is 1. The van der Waals surface area contributed by atoms with Crippen LogP contribution in [0.4, 0.5) is 0 Å². The zero-order chi connectivity index (χ0) is 14.5. The molecule has 1 heterocycles. The predicted molar refractivity (Wildman–Crippen MR) is 82.3 cm³/mol. The summed E-state index contributed by atoms with van der Waals surface area (Å²) in [5.74, 6) is 1.45. The van der Waals surface area contributed by atoms with Crippen LogP contribution in [0, 0.1) is 13.8 Å². The summed E-state index contributed by atoms with van der Waals surface area (Å²) in [6, 6.07) is 10.3. The van der Waals surface area contributed by atoms with E-state index in [0.29, 0.717) is 11.9 Å². The maximum atomic E-state index is 5.78. The molecule has 0 amide bonds. The van der Waals surface area contributed by atoms with E-state index in [1.165, 1.54) is 16.7 Å². The van der Waals surface area contributed by atoms with Crippen molar-refractivity contribution in [2.45, 2.75) is 33.7 Å². The second-order valence-corrected chi connectivity index (χ2v) is 5.06. The summed E-state index contributed by atoms with van der Waals surface area (Å²) in [5, 5.41) is 3.36. The molecule has 0 fully saturated rings. The molecule has 0 aliphatic heterocycles. The summed E-state index contributed by atoms with van der Waals surface area (Å²) in [5.41, 5.74) is 3.65. The molecule has 2 aromatic rings. The van der Waals surface area contributed by atoms with Crippen LogP contribution in [0.1, 0.15) is 36.6 Å². The van der Waals surface area contributed by atoms with Gasteiger partial charge in [-0.1, -0.05) is 19.1 Å². The van der Waals surface area contributed by atoms with Gasteiger partial charge in [-0.3, -0.25) is 0 Å². The molecule has 3 heteroatoms. The lowest BCUT2D eigenvalue weighted by atomic mass is 10.1. The zero-order valence-electron chi connectivity index (χ0n) is 12.6. The fourth-order valence-corrected chi connectivity index (χ4v) is 2.03. The minimum atomic E-state index is 0.308. The first-order chi connectivity index (χ1) is 9.60. The lowest BCUT2D eigenvalue weighted by Crippen LogP contribution is -2.17. The lowest BCUT2D eigenvalue weighted by Gasteiger charge is -2.13. The number of hydrogen-bond donors (Lipinski definition) is 1. The predicted octanol–water partition coefficient (Wildman–Crippen LogP) is 4.16. The molecule has 1 unspecified atom stereocenters. The summed E-state index contributed by atoms with van der Waals surface area (Å²) < 4.78 is 5.78. The SMILES string of the molecule is CCNC(C)c1ccc(Oc2ccc(C)c(C)c2)nc1. The van der Waals surface area contributed by atoms with Gasteiger partial charge >= 0.3 is 0 Å². The average molecular weight is 270 g/mol. The number of nitrogens with zero attached hydrogens (tertiary/aromatic N) is 1. The summed E-state index contributed by atoms with van der Waals surface area (Å²) in [6.45, 7) is 9.35. The zero-order valence-corrected chi connectivity index (χ0v) is 12.6. The first-order valence-corrected chi connectivity index (χ1v) is 7.04. The molecule has 0 spiro atoms. The van der Waals surface area contributed by atoms with Crippen molar-refractivity contribution in [1.82, 2.24) is 10.3 Å². The summed E-state index contributed by atoms with van der Waals surface area (Å²) in [7, 11) is 0. The molecule has 0 saturated carbocycles. The second kappa shape index (κ2) is 6.53. The Morgan fingerprint density at radius 3 is 2.55 bits per heavy atom. The molecule has 20 heavy (non-hydrogen) atoms. The standard InChI is InChI=1S/C17H22N2O/c1-5-18-14(4)15-7-9-17(19-11-15)20-16-8-6-12(2)13(3)10-16/h6-11,14,18H,5H2,1-4H3. The molecule has 0 saturated heterocycles. The minimum absolute atomic E-state index is 0.308. The fraction of sp³-hybridized carbons (Fsp3) is 0.353. The number of rotatable bonds is 5. The number of aryl methyl sites for hydroxylation is 2. The molecule has 0 radical (unpaired) electrons. The first kappa shape index (κ1) is 14.5. The van der Waals surface area contributed by atoms with Crippen LogP contribution in [-0.4, -0.2) is 11.5 Å². The van der Waals surface area contributed by atoms with Crippen LogP contribution in [0.15, 0.2) is 36.5 Å². The Bertz CT molecular complexity index is 564. The molecular weight excluding hydrogens is 248 g/mol. The largest absolute Gasteiger partial charge is 0.439 e. The second-order valence-electron chi connectivity index (χ2n) is 5.06. The summed E-state index contributed by atoms with van der Waals surface area (Å²) >= 11 is 0. The molecule has 1 aromatic carbocycles. The van der Waals surface area contributed by atoms with Crippen LogP contribution in [0.3, 0.4) is 0 Å². The lowest BCUT2D eigenvalue weighted by molar-refractivity contribution is 0.461. The molecule has 0 bridgehead atoms. The van der Waals surface area contributed by atoms with Crippen molar-refractivity contribution in [3.63, 3.8) is 0 Å². The van der Waals surface area contributed by atoms with Crippen LogP contribution in [-0.2, 0) is 0 Å². The molecule has 0 aliphatic rings. The molecular formula is C17H22N2O. The van der Waals surface area contributed by atoms with Crippen LogP contribution in [0.25, 0.3) is 0 Å². The van der Waals surface area contributed by atoms with Gasteiger partial charge in [0.15, 0.2) is 0 Å². The van der Waals surface area contributed by atoms with E-state index in [2.05, 4.69) is 50.1 Å². The molecule has 2 rings (SSSR count). The van der Waals surface area contributed by atoms with Crippen LogP contribution in [0.2, 0.25) is 0 Å². The Morgan fingerprint density at radius 1 is 1.15 bits per heavy atom.